The maximum absolute atomic E-state index is 5.63. The van der Waals surface area contributed by atoms with Gasteiger partial charge in [-0.15, -0.1) is 0 Å². The van der Waals surface area contributed by atoms with E-state index in [0.29, 0.717) is 0 Å². The maximum atomic E-state index is 5.63. The Morgan fingerprint density at radius 2 is 2.12 bits per heavy atom. The quantitative estimate of drug-likeness (QED) is 0.669. The number of ether oxygens (including phenoxy) is 1. The molecule has 0 radical (unpaired) electrons. The summed E-state index contributed by atoms with van der Waals surface area (Å²) in [6.45, 7) is 6.96. The minimum atomic E-state index is 0.747. The Labute approximate surface area is 105 Å². The van der Waals surface area contributed by atoms with Crippen molar-refractivity contribution in [1.29, 1.82) is 0 Å². The third-order valence-corrected chi connectivity index (χ3v) is 2.63. The number of rotatable bonds is 9. The molecule has 0 bridgehead atoms. The van der Waals surface area contributed by atoms with E-state index in [1.54, 1.807) is 0 Å². The molecule has 0 fully saturated rings. The third-order valence-electron chi connectivity index (χ3n) is 2.63. The largest absolute Gasteiger partial charge is 0.478 e. The van der Waals surface area contributed by atoms with Crippen LogP contribution in [0.1, 0.15) is 45.1 Å². The minimum Gasteiger partial charge on any atom is -0.478 e. The van der Waals surface area contributed by atoms with Crippen LogP contribution in [0.4, 0.5) is 0 Å². The first-order valence-corrected chi connectivity index (χ1v) is 6.65. The molecular weight excluding hydrogens is 212 g/mol. The second kappa shape index (κ2) is 8.99. The van der Waals surface area contributed by atoms with Crippen LogP contribution in [0.3, 0.4) is 0 Å². The van der Waals surface area contributed by atoms with Crippen molar-refractivity contribution < 1.29 is 4.74 Å². The van der Waals surface area contributed by atoms with Gasteiger partial charge in [0, 0.05) is 18.8 Å². The second-order valence-electron chi connectivity index (χ2n) is 4.19. The van der Waals surface area contributed by atoms with Crippen molar-refractivity contribution in [3.8, 4) is 5.88 Å². The summed E-state index contributed by atoms with van der Waals surface area (Å²) in [6, 6.07) is 4.04. The Morgan fingerprint density at radius 3 is 2.88 bits per heavy atom. The van der Waals surface area contributed by atoms with Gasteiger partial charge >= 0.3 is 0 Å². The molecule has 0 saturated heterocycles. The molecule has 0 atom stereocenters. The summed E-state index contributed by atoms with van der Waals surface area (Å²) in [6.07, 6.45) is 6.72. The van der Waals surface area contributed by atoms with Gasteiger partial charge in [0.25, 0.3) is 0 Å². The van der Waals surface area contributed by atoms with Gasteiger partial charge in [-0.3, -0.25) is 0 Å². The standard InChI is InChI=1S/C14H24N2O/c1-3-5-6-7-10-17-14-11-13(8-9-16-14)12-15-4-2/h8-9,11,15H,3-7,10,12H2,1-2H3. The van der Waals surface area contributed by atoms with E-state index in [0.717, 1.165) is 32.0 Å². The Kier molecular flexibility index (Phi) is 7.39. The molecule has 0 amide bonds. The fourth-order valence-electron chi connectivity index (χ4n) is 1.61. The summed E-state index contributed by atoms with van der Waals surface area (Å²) in [4.78, 5) is 4.22. The molecule has 0 aliphatic rings. The van der Waals surface area contributed by atoms with Crippen molar-refractivity contribution in [3.05, 3.63) is 23.9 Å². The molecule has 1 heterocycles. The van der Waals surface area contributed by atoms with E-state index in [2.05, 4.69) is 24.1 Å². The zero-order valence-corrected chi connectivity index (χ0v) is 11.0. The van der Waals surface area contributed by atoms with Crippen molar-refractivity contribution in [2.24, 2.45) is 0 Å². The first kappa shape index (κ1) is 14.0. The molecule has 0 aromatic carbocycles. The van der Waals surface area contributed by atoms with Crippen molar-refractivity contribution in [2.75, 3.05) is 13.2 Å². The topological polar surface area (TPSA) is 34.1 Å². The van der Waals surface area contributed by atoms with Gasteiger partial charge in [-0.25, -0.2) is 4.98 Å². The molecular formula is C14H24N2O. The third kappa shape index (κ3) is 6.27. The zero-order chi connectivity index (χ0) is 12.3. The normalized spacial score (nSPS) is 10.5. The van der Waals surface area contributed by atoms with Crippen LogP contribution < -0.4 is 10.1 Å². The number of aromatic nitrogens is 1. The van der Waals surface area contributed by atoms with Gasteiger partial charge in [0.05, 0.1) is 6.61 Å². The van der Waals surface area contributed by atoms with Crippen LogP contribution in [0.5, 0.6) is 5.88 Å². The molecule has 1 aromatic rings. The van der Waals surface area contributed by atoms with Gasteiger partial charge in [0.1, 0.15) is 0 Å². The summed E-state index contributed by atoms with van der Waals surface area (Å²) < 4.78 is 5.63. The molecule has 1 rings (SSSR count). The average molecular weight is 236 g/mol. The first-order chi connectivity index (χ1) is 8.36. The maximum Gasteiger partial charge on any atom is 0.213 e. The van der Waals surface area contributed by atoms with Crippen LogP contribution >= 0.6 is 0 Å². The molecule has 0 aliphatic heterocycles. The van der Waals surface area contributed by atoms with Gasteiger partial charge < -0.3 is 10.1 Å². The number of unbranched alkanes of at least 4 members (excludes halogenated alkanes) is 3. The molecule has 0 unspecified atom stereocenters. The summed E-state index contributed by atoms with van der Waals surface area (Å²) in [5.74, 6) is 0.747. The van der Waals surface area contributed by atoms with Crippen molar-refractivity contribution >= 4 is 0 Å². The van der Waals surface area contributed by atoms with Crippen LogP contribution in [0, 0.1) is 0 Å². The monoisotopic (exact) mass is 236 g/mol. The highest BCUT2D eigenvalue weighted by molar-refractivity contribution is 5.20. The summed E-state index contributed by atoms with van der Waals surface area (Å²) in [7, 11) is 0. The van der Waals surface area contributed by atoms with E-state index in [-0.39, 0.29) is 0 Å². The van der Waals surface area contributed by atoms with Crippen molar-refractivity contribution in [1.82, 2.24) is 10.3 Å². The van der Waals surface area contributed by atoms with Gasteiger partial charge in [-0.2, -0.15) is 0 Å². The highest BCUT2D eigenvalue weighted by Gasteiger charge is 1.98. The summed E-state index contributed by atoms with van der Waals surface area (Å²) in [5.41, 5.74) is 1.23. The van der Waals surface area contributed by atoms with Gasteiger partial charge in [-0.05, 0) is 24.6 Å². The molecule has 17 heavy (non-hydrogen) atoms. The lowest BCUT2D eigenvalue weighted by molar-refractivity contribution is 0.293. The summed E-state index contributed by atoms with van der Waals surface area (Å²) >= 11 is 0. The molecule has 0 spiro atoms. The van der Waals surface area contributed by atoms with Gasteiger partial charge in [0.2, 0.25) is 5.88 Å². The van der Waals surface area contributed by atoms with E-state index < -0.39 is 0 Å². The van der Waals surface area contributed by atoms with E-state index in [9.17, 15) is 0 Å². The first-order valence-electron chi connectivity index (χ1n) is 6.65. The Hall–Kier alpha value is -1.09. The number of hydrogen-bond donors (Lipinski definition) is 1. The Morgan fingerprint density at radius 1 is 1.24 bits per heavy atom. The van der Waals surface area contributed by atoms with Gasteiger partial charge in [-0.1, -0.05) is 33.1 Å². The molecule has 0 saturated carbocycles. The second-order valence-corrected chi connectivity index (χ2v) is 4.19. The van der Waals surface area contributed by atoms with Crippen LogP contribution in [-0.2, 0) is 6.54 Å². The fraction of sp³-hybridized carbons (Fsp3) is 0.643. The van der Waals surface area contributed by atoms with Crippen LogP contribution in [0.2, 0.25) is 0 Å². The Balaban J connectivity index is 2.27. The van der Waals surface area contributed by atoms with Crippen LogP contribution in [-0.4, -0.2) is 18.1 Å². The highest BCUT2D eigenvalue weighted by atomic mass is 16.5. The molecule has 96 valence electrons. The van der Waals surface area contributed by atoms with Crippen molar-refractivity contribution in [2.45, 2.75) is 46.1 Å². The predicted molar refractivity (Wildman–Crippen MR) is 71.3 cm³/mol. The van der Waals surface area contributed by atoms with E-state index in [1.807, 2.05) is 18.3 Å². The zero-order valence-electron chi connectivity index (χ0n) is 11.0. The highest BCUT2D eigenvalue weighted by Crippen LogP contribution is 2.10. The number of nitrogens with zero attached hydrogens (tertiary/aromatic N) is 1. The van der Waals surface area contributed by atoms with Gasteiger partial charge in [0.15, 0.2) is 0 Å². The molecule has 0 aliphatic carbocycles. The minimum absolute atomic E-state index is 0.747. The predicted octanol–water partition coefficient (Wildman–Crippen LogP) is 3.15. The Bertz CT molecular complexity index is 302. The molecule has 1 N–H and O–H groups in total. The average Bonchev–Trinajstić information content (AvgIpc) is 2.37. The van der Waals surface area contributed by atoms with Crippen molar-refractivity contribution in [3.63, 3.8) is 0 Å². The SMILES string of the molecule is CCCCCCOc1cc(CNCC)ccn1. The lowest BCUT2D eigenvalue weighted by Crippen LogP contribution is -2.11. The molecule has 3 heteroatoms. The van der Waals surface area contributed by atoms with E-state index >= 15 is 0 Å². The smallest absolute Gasteiger partial charge is 0.213 e. The van der Waals surface area contributed by atoms with Crippen LogP contribution in [0.25, 0.3) is 0 Å². The number of pyridine rings is 1. The molecule has 1 aromatic heterocycles. The molecule has 3 nitrogen and oxygen atoms in total. The lowest BCUT2D eigenvalue weighted by atomic mass is 10.2. The van der Waals surface area contributed by atoms with Crippen LogP contribution in [0.15, 0.2) is 18.3 Å². The van der Waals surface area contributed by atoms with E-state index in [1.165, 1.54) is 24.8 Å². The number of nitrogens with one attached hydrogen (secondary N) is 1. The lowest BCUT2D eigenvalue weighted by Gasteiger charge is -2.07. The fourth-order valence-corrected chi connectivity index (χ4v) is 1.61. The summed E-state index contributed by atoms with van der Waals surface area (Å²) in [5, 5.41) is 3.29. The number of hydrogen-bond acceptors (Lipinski definition) is 3. The van der Waals surface area contributed by atoms with E-state index in [4.69, 9.17) is 4.74 Å².